The second-order valence-electron chi connectivity index (χ2n) is 5.25. The lowest BCUT2D eigenvalue weighted by atomic mass is 10.2. The van der Waals surface area contributed by atoms with Gasteiger partial charge in [-0.25, -0.2) is 0 Å². The molecule has 0 amide bonds. The minimum absolute atomic E-state index is 0.0511. The third kappa shape index (κ3) is 3.07. The van der Waals surface area contributed by atoms with Crippen molar-refractivity contribution >= 4 is 11.6 Å². The van der Waals surface area contributed by atoms with Crippen LogP contribution in [0.1, 0.15) is 0 Å². The Balaban J connectivity index is 1.61. The van der Waals surface area contributed by atoms with Crippen LogP contribution in [0.4, 0.5) is 0 Å². The summed E-state index contributed by atoms with van der Waals surface area (Å²) in [6, 6.07) is 15.9. The molecular formula is C18H11ClN4O3. The van der Waals surface area contributed by atoms with Crippen LogP contribution in [-0.4, -0.2) is 20.0 Å². The van der Waals surface area contributed by atoms with Crippen LogP contribution in [0.5, 0.6) is 11.5 Å². The summed E-state index contributed by atoms with van der Waals surface area (Å²) >= 11 is 6.18. The fraction of sp³-hybridized carbons (Fsp3) is 0. The number of benzene rings is 2. The van der Waals surface area contributed by atoms with Gasteiger partial charge in [0, 0.05) is 5.56 Å². The highest BCUT2D eigenvalue weighted by molar-refractivity contribution is 6.31. The molecule has 0 radical (unpaired) electrons. The summed E-state index contributed by atoms with van der Waals surface area (Å²) < 4.78 is 12.0. The average molecular weight is 367 g/mol. The number of para-hydroxylation sites is 1. The first kappa shape index (κ1) is 16.0. The monoisotopic (exact) mass is 366 g/mol. The van der Waals surface area contributed by atoms with Gasteiger partial charge in [0.2, 0.25) is 12.3 Å². The van der Waals surface area contributed by atoms with Crippen LogP contribution in [-0.2, 0) is 0 Å². The van der Waals surface area contributed by atoms with E-state index in [2.05, 4.69) is 15.3 Å². The number of ether oxygens (including phenoxy) is 1. The minimum Gasteiger partial charge on any atom is -0.454 e. The number of aromatic nitrogens is 4. The van der Waals surface area contributed by atoms with Crippen molar-refractivity contribution in [1.82, 2.24) is 20.0 Å². The largest absolute Gasteiger partial charge is 0.454 e. The molecule has 0 unspecified atom stereocenters. The van der Waals surface area contributed by atoms with E-state index in [-0.39, 0.29) is 10.8 Å². The molecule has 0 spiro atoms. The molecule has 2 aromatic heterocycles. The zero-order valence-corrected chi connectivity index (χ0v) is 14.0. The van der Waals surface area contributed by atoms with Gasteiger partial charge in [-0.3, -0.25) is 4.79 Å². The number of hydrogen-bond acceptors (Lipinski definition) is 6. The Labute approximate surface area is 152 Å². The lowest BCUT2D eigenvalue weighted by Gasteiger charge is -2.09. The van der Waals surface area contributed by atoms with E-state index in [1.165, 1.54) is 17.3 Å². The number of rotatable bonds is 4. The molecule has 4 aromatic rings. The molecule has 0 aliphatic rings. The van der Waals surface area contributed by atoms with Gasteiger partial charge in [0.05, 0.1) is 11.9 Å². The van der Waals surface area contributed by atoms with E-state index in [4.69, 9.17) is 20.8 Å². The van der Waals surface area contributed by atoms with Gasteiger partial charge >= 0.3 is 0 Å². The van der Waals surface area contributed by atoms with Crippen molar-refractivity contribution in [3.63, 3.8) is 0 Å². The maximum Gasteiger partial charge on any atom is 0.294 e. The molecule has 0 aliphatic heterocycles. The van der Waals surface area contributed by atoms with E-state index in [9.17, 15) is 4.79 Å². The van der Waals surface area contributed by atoms with Gasteiger partial charge < -0.3 is 9.15 Å². The van der Waals surface area contributed by atoms with E-state index in [1.807, 2.05) is 18.2 Å². The summed E-state index contributed by atoms with van der Waals surface area (Å²) in [5.41, 5.74) is 0.909. The first-order valence-corrected chi connectivity index (χ1v) is 7.98. The maximum atomic E-state index is 12.5. The quantitative estimate of drug-likeness (QED) is 0.547. The molecule has 0 saturated carbocycles. The third-order valence-corrected chi connectivity index (χ3v) is 3.92. The van der Waals surface area contributed by atoms with Crippen molar-refractivity contribution in [2.45, 2.75) is 0 Å². The lowest BCUT2D eigenvalue weighted by Crippen LogP contribution is -2.21. The van der Waals surface area contributed by atoms with Crippen molar-refractivity contribution in [2.75, 3.05) is 0 Å². The summed E-state index contributed by atoms with van der Waals surface area (Å²) in [7, 11) is 0. The predicted molar refractivity (Wildman–Crippen MR) is 94.7 cm³/mol. The summed E-state index contributed by atoms with van der Waals surface area (Å²) in [6.45, 7) is 0. The van der Waals surface area contributed by atoms with Crippen molar-refractivity contribution in [1.29, 1.82) is 0 Å². The second-order valence-corrected chi connectivity index (χ2v) is 5.62. The Kier molecular flexibility index (Phi) is 4.20. The Morgan fingerprint density at radius 3 is 2.50 bits per heavy atom. The molecule has 4 rings (SSSR count). The van der Waals surface area contributed by atoms with Gasteiger partial charge in [-0.15, -0.1) is 10.2 Å². The standard InChI is InChI=1S/C18H11ClN4O3/c19-16-15(10-21-23(18(16)24)13-4-2-1-3-5-13)26-14-8-6-12(7-9-14)17-22-20-11-25-17/h1-11H. The van der Waals surface area contributed by atoms with E-state index in [0.29, 0.717) is 17.3 Å². The highest BCUT2D eigenvalue weighted by Crippen LogP contribution is 2.28. The molecular weight excluding hydrogens is 356 g/mol. The van der Waals surface area contributed by atoms with Gasteiger partial charge in [0.15, 0.2) is 10.8 Å². The van der Waals surface area contributed by atoms with Crippen LogP contribution < -0.4 is 10.3 Å². The SMILES string of the molecule is O=c1c(Cl)c(Oc2ccc(-c3nnco3)cc2)cnn1-c1ccccc1. The van der Waals surface area contributed by atoms with E-state index >= 15 is 0 Å². The smallest absolute Gasteiger partial charge is 0.294 e. The summed E-state index contributed by atoms with van der Waals surface area (Å²) in [6.07, 6.45) is 2.66. The van der Waals surface area contributed by atoms with E-state index < -0.39 is 5.56 Å². The molecule has 0 saturated heterocycles. The van der Waals surface area contributed by atoms with Crippen molar-refractivity contribution in [2.24, 2.45) is 0 Å². The zero-order valence-electron chi connectivity index (χ0n) is 13.2. The first-order chi connectivity index (χ1) is 12.7. The highest BCUT2D eigenvalue weighted by Gasteiger charge is 2.13. The van der Waals surface area contributed by atoms with Crippen LogP contribution in [0.2, 0.25) is 5.02 Å². The topological polar surface area (TPSA) is 83.0 Å². The average Bonchev–Trinajstić information content (AvgIpc) is 3.22. The summed E-state index contributed by atoms with van der Waals surface area (Å²) in [4.78, 5) is 12.5. The molecule has 0 N–H and O–H groups in total. The molecule has 26 heavy (non-hydrogen) atoms. The highest BCUT2D eigenvalue weighted by atomic mass is 35.5. The van der Waals surface area contributed by atoms with Crippen LogP contribution in [0.3, 0.4) is 0 Å². The second kappa shape index (κ2) is 6.81. The Morgan fingerprint density at radius 2 is 1.81 bits per heavy atom. The number of hydrogen-bond donors (Lipinski definition) is 0. The van der Waals surface area contributed by atoms with Crippen molar-refractivity contribution in [3.05, 3.63) is 82.6 Å². The summed E-state index contributed by atoms with van der Waals surface area (Å²) in [5, 5.41) is 11.5. The molecule has 0 bridgehead atoms. The van der Waals surface area contributed by atoms with Gasteiger partial charge in [0.1, 0.15) is 5.75 Å². The van der Waals surface area contributed by atoms with Gasteiger partial charge in [-0.05, 0) is 36.4 Å². The molecule has 0 aliphatic carbocycles. The number of nitrogens with zero attached hydrogens (tertiary/aromatic N) is 4. The molecule has 0 fully saturated rings. The molecule has 2 heterocycles. The van der Waals surface area contributed by atoms with Crippen LogP contribution in [0, 0.1) is 0 Å². The Bertz CT molecular complexity index is 1080. The molecule has 128 valence electrons. The zero-order chi connectivity index (χ0) is 17.9. The van der Waals surface area contributed by atoms with Crippen LogP contribution >= 0.6 is 11.6 Å². The normalized spacial score (nSPS) is 10.7. The van der Waals surface area contributed by atoms with Crippen molar-refractivity contribution in [3.8, 4) is 28.6 Å². The Hall–Kier alpha value is -3.45. The predicted octanol–water partition coefficient (Wildman–Crippen LogP) is 3.73. The van der Waals surface area contributed by atoms with Gasteiger partial charge in [-0.1, -0.05) is 29.8 Å². The Morgan fingerprint density at radius 1 is 1.04 bits per heavy atom. The maximum absolute atomic E-state index is 12.5. The molecule has 7 nitrogen and oxygen atoms in total. The third-order valence-electron chi connectivity index (χ3n) is 3.58. The fourth-order valence-corrected chi connectivity index (χ4v) is 2.50. The van der Waals surface area contributed by atoms with Crippen molar-refractivity contribution < 1.29 is 9.15 Å². The van der Waals surface area contributed by atoms with Gasteiger partial charge in [-0.2, -0.15) is 9.78 Å². The molecule has 0 atom stereocenters. The fourth-order valence-electron chi connectivity index (χ4n) is 2.33. The van der Waals surface area contributed by atoms with Gasteiger partial charge in [0.25, 0.3) is 5.56 Å². The summed E-state index contributed by atoms with van der Waals surface area (Å²) in [5.74, 6) is 1.07. The van der Waals surface area contributed by atoms with Crippen LogP contribution in [0.25, 0.3) is 17.1 Å². The minimum atomic E-state index is -0.460. The van der Waals surface area contributed by atoms with E-state index in [1.54, 1.807) is 36.4 Å². The number of halogens is 1. The van der Waals surface area contributed by atoms with Crippen LogP contribution in [0.15, 0.2) is 76.4 Å². The lowest BCUT2D eigenvalue weighted by molar-refractivity contribution is 0.475. The molecule has 2 aromatic carbocycles. The molecule has 8 heteroatoms. The first-order valence-electron chi connectivity index (χ1n) is 7.60. The van der Waals surface area contributed by atoms with E-state index in [0.717, 1.165) is 5.56 Å².